The van der Waals surface area contributed by atoms with Crippen LogP contribution in [0, 0.1) is 0 Å². The van der Waals surface area contributed by atoms with Crippen LogP contribution in [-0.4, -0.2) is 20.4 Å². The Labute approximate surface area is 164 Å². The van der Waals surface area contributed by atoms with Gasteiger partial charge in [0.1, 0.15) is 23.7 Å². The first-order valence-corrected chi connectivity index (χ1v) is 9.05. The SMILES string of the molecule is O=C(NCc1ccc(-c2ccc(Br)cc2)o1)c1ccc(-n2ccnc2)nc1. The Hall–Kier alpha value is -3.19. The largest absolute Gasteiger partial charge is 0.459 e. The fourth-order valence-electron chi connectivity index (χ4n) is 2.58. The molecule has 7 heteroatoms. The molecular weight excluding hydrogens is 408 g/mol. The molecule has 1 amide bonds. The van der Waals surface area contributed by atoms with Gasteiger partial charge in [0.15, 0.2) is 0 Å². The topological polar surface area (TPSA) is 73.0 Å². The second kappa shape index (κ2) is 7.59. The number of hydrogen-bond acceptors (Lipinski definition) is 4. The number of imidazole rings is 1. The van der Waals surface area contributed by atoms with E-state index in [1.807, 2.05) is 36.4 Å². The van der Waals surface area contributed by atoms with Gasteiger partial charge in [-0.05, 0) is 36.4 Å². The lowest BCUT2D eigenvalue weighted by Gasteiger charge is -2.05. The summed E-state index contributed by atoms with van der Waals surface area (Å²) in [6.45, 7) is 0.304. The molecule has 3 aromatic heterocycles. The molecule has 0 saturated carbocycles. The van der Waals surface area contributed by atoms with E-state index in [4.69, 9.17) is 4.42 Å². The van der Waals surface area contributed by atoms with Crippen molar-refractivity contribution in [3.05, 3.63) is 89.2 Å². The van der Waals surface area contributed by atoms with E-state index in [0.717, 1.165) is 15.8 Å². The van der Waals surface area contributed by atoms with E-state index in [1.54, 1.807) is 41.6 Å². The Morgan fingerprint density at radius 2 is 1.96 bits per heavy atom. The molecule has 0 bridgehead atoms. The van der Waals surface area contributed by atoms with E-state index in [0.29, 0.717) is 23.7 Å². The molecule has 27 heavy (non-hydrogen) atoms. The Kier molecular flexibility index (Phi) is 4.84. The lowest BCUT2D eigenvalue weighted by molar-refractivity contribution is 0.0948. The maximum absolute atomic E-state index is 12.3. The summed E-state index contributed by atoms with van der Waals surface area (Å²) in [6.07, 6.45) is 6.66. The smallest absolute Gasteiger partial charge is 0.253 e. The van der Waals surface area contributed by atoms with Gasteiger partial charge in [-0.1, -0.05) is 28.1 Å². The number of carbonyl (C=O) groups excluding carboxylic acids is 1. The second-order valence-corrected chi connectivity index (χ2v) is 6.75. The number of nitrogens with one attached hydrogen (secondary N) is 1. The third kappa shape index (κ3) is 3.98. The lowest BCUT2D eigenvalue weighted by atomic mass is 10.2. The zero-order chi connectivity index (χ0) is 18.6. The standard InChI is InChI=1S/C20H15BrN4O2/c21-16-4-1-14(2-5-16)18-7-6-17(27-18)12-24-20(26)15-3-8-19(23-11-15)25-10-9-22-13-25/h1-11,13H,12H2,(H,24,26). The third-order valence-corrected chi connectivity index (χ3v) is 4.52. The summed E-state index contributed by atoms with van der Waals surface area (Å²) < 4.78 is 8.59. The minimum atomic E-state index is -0.207. The summed E-state index contributed by atoms with van der Waals surface area (Å²) in [5.74, 6) is 1.94. The van der Waals surface area contributed by atoms with Crippen LogP contribution < -0.4 is 5.32 Å². The molecule has 3 heterocycles. The Morgan fingerprint density at radius 1 is 1.11 bits per heavy atom. The lowest BCUT2D eigenvalue weighted by Crippen LogP contribution is -2.22. The Bertz CT molecular complexity index is 1040. The van der Waals surface area contributed by atoms with Crippen LogP contribution in [0.4, 0.5) is 0 Å². The van der Waals surface area contributed by atoms with Gasteiger partial charge >= 0.3 is 0 Å². The highest BCUT2D eigenvalue weighted by Crippen LogP contribution is 2.24. The molecule has 1 aromatic carbocycles. The number of furan rings is 1. The van der Waals surface area contributed by atoms with E-state index in [1.165, 1.54) is 0 Å². The number of carbonyl (C=O) groups is 1. The number of aromatic nitrogens is 3. The van der Waals surface area contributed by atoms with Crippen molar-refractivity contribution in [1.29, 1.82) is 0 Å². The van der Waals surface area contributed by atoms with Crippen molar-refractivity contribution >= 4 is 21.8 Å². The van der Waals surface area contributed by atoms with Crippen LogP contribution in [0.3, 0.4) is 0 Å². The number of pyridine rings is 1. The second-order valence-electron chi connectivity index (χ2n) is 5.83. The van der Waals surface area contributed by atoms with Gasteiger partial charge in [-0.15, -0.1) is 0 Å². The molecule has 0 unspecified atom stereocenters. The van der Waals surface area contributed by atoms with Crippen molar-refractivity contribution in [3.8, 4) is 17.1 Å². The highest BCUT2D eigenvalue weighted by molar-refractivity contribution is 9.10. The van der Waals surface area contributed by atoms with Crippen molar-refractivity contribution < 1.29 is 9.21 Å². The van der Waals surface area contributed by atoms with Crippen LogP contribution in [0.15, 0.2) is 82.3 Å². The van der Waals surface area contributed by atoms with Gasteiger partial charge in [-0.25, -0.2) is 9.97 Å². The number of rotatable bonds is 5. The molecule has 0 aliphatic heterocycles. The summed E-state index contributed by atoms with van der Waals surface area (Å²) in [4.78, 5) is 20.6. The minimum absolute atomic E-state index is 0.207. The molecule has 1 N–H and O–H groups in total. The van der Waals surface area contributed by atoms with Gasteiger partial charge in [-0.2, -0.15) is 0 Å². The van der Waals surface area contributed by atoms with Crippen LogP contribution in [0.1, 0.15) is 16.1 Å². The normalized spacial score (nSPS) is 10.7. The summed E-state index contributed by atoms with van der Waals surface area (Å²) in [5.41, 5.74) is 1.47. The molecule has 4 rings (SSSR count). The first-order valence-electron chi connectivity index (χ1n) is 8.26. The highest BCUT2D eigenvalue weighted by Gasteiger charge is 2.09. The van der Waals surface area contributed by atoms with E-state index in [-0.39, 0.29) is 5.91 Å². The summed E-state index contributed by atoms with van der Waals surface area (Å²) in [6, 6.07) is 15.1. The zero-order valence-corrected chi connectivity index (χ0v) is 15.8. The van der Waals surface area contributed by atoms with E-state index in [9.17, 15) is 4.79 Å². The van der Waals surface area contributed by atoms with Gasteiger partial charge < -0.3 is 9.73 Å². The molecule has 134 valence electrons. The van der Waals surface area contributed by atoms with Gasteiger partial charge in [0.2, 0.25) is 0 Å². The van der Waals surface area contributed by atoms with Gasteiger partial charge in [0.25, 0.3) is 5.91 Å². The van der Waals surface area contributed by atoms with Crippen LogP contribution in [-0.2, 0) is 6.54 Å². The van der Waals surface area contributed by atoms with Crippen molar-refractivity contribution in [3.63, 3.8) is 0 Å². The first kappa shape index (κ1) is 17.2. The van der Waals surface area contributed by atoms with E-state index >= 15 is 0 Å². The van der Waals surface area contributed by atoms with Crippen molar-refractivity contribution in [1.82, 2.24) is 19.9 Å². The average Bonchev–Trinajstić information content (AvgIpc) is 3.39. The summed E-state index contributed by atoms with van der Waals surface area (Å²) in [7, 11) is 0. The maximum atomic E-state index is 12.3. The Balaban J connectivity index is 1.38. The van der Waals surface area contributed by atoms with Crippen LogP contribution in [0.5, 0.6) is 0 Å². The van der Waals surface area contributed by atoms with Crippen molar-refractivity contribution in [2.24, 2.45) is 0 Å². The predicted molar refractivity (Wildman–Crippen MR) is 104 cm³/mol. The number of halogens is 1. The van der Waals surface area contributed by atoms with Gasteiger partial charge in [0, 0.05) is 28.6 Å². The minimum Gasteiger partial charge on any atom is -0.459 e. The average molecular weight is 423 g/mol. The maximum Gasteiger partial charge on any atom is 0.253 e. The quantitative estimate of drug-likeness (QED) is 0.522. The number of benzene rings is 1. The third-order valence-electron chi connectivity index (χ3n) is 3.99. The molecule has 0 aliphatic rings. The van der Waals surface area contributed by atoms with E-state index in [2.05, 4.69) is 31.2 Å². The van der Waals surface area contributed by atoms with E-state index < -0.39 is 0 Å². The Morgan fingerprint density at radius 3 is 2.67 bits per heavy atom. The summed E-state index contributed by atoms with van der Waals surface area (Å²) in [5, 5.41) is 2.84. The molecular formula is C20H15BrN4O2. The molecule has 6 nitrogen and oxygen atoms in total. The number of nitrogens with zero attached hydrogens (tertiary/aromatic N) is 3. The predicted octanol–water partition coefficient (Wildman–Crippen LogP) is 4.22. The molecule has 0 radical (unpaired) electrons. The fourth-order valence-corrected chi connectivity index (χ4v) is 2.84. The van der Waals surface area contributed by atoms with Crippen molar-refractivity contribution in [2.75, 3.05) is 0 Å². The van der Waals surface area contributed by atoms with Gasteiger partial charge in [-0.3, -0.25) is 9.36 Å². The molecule has 0 spiro atoms. The van der Waals surface area contributed by atoms with Crippen molar-refractivity contribution in [2.45, 2.75) is 6.54 Å². The van der Waals surface area contributed by atoms with Crippen LogP contribution in [0.2, 0.25) is 0 Å². The molecule has 0 atom stereocenters. The highest BCUT2D eigenvalue weighted by atomic mass is 79.9. The zero-order valence-electron chi connectivity index (χ0n) is 14.2. The van der Waals surface area contributed by atoms with Crippen LogP contribution in [0.25, 0.3) is 17.1 Å². The monoisotopic (exact) mass is 422 g/mol. The first-order chi connectivity index (χ1) is 13.2. The van der Waals surface area contributed by atoms with Crippen LogP contribution >= 0.6 is 15.9 Å². The number of hydrogen-bond donors (Lipinski definition) is 1. The van der Waals surface area contributed by atoms with Gasteiger partial charge in [0.05, 0.1) is 12.1 Å². The number of amides is 1. The molecule has 4 aromatic rings. The molecule has 0 aliphatic carbocycles. The summed E-state index contributed by atoms with van der Waals surface area (Å²) >= 11 is 3.41. The fraction of sp³-hybridized carbons (Fsp3) is 0.0500. The molecule has 0 fully saturated rings. The molecule has 0 saturated heterocycles.